The Morgan fingerprint density at radius 1 is 1.00 bits per heavy atom. The summed E-state index contributed by atoms with van der Waals surface area (Å²) in [7, 11) is 0. The van der Waals surface area contributed by atoms with E-state index in [-0.39, 0.29) is 6.10 Å². The Morgan fingerprint density at radius 3 is 2.35 bits per heavy atom. The molecule has 180 valence electrons. The molecule has 3 aromatic rings. The zero-order valence-electron chi connectivity index (χ0n) is 21.6. The van der Waals surface area contributed by atoms with Crippen LogP contribution in [0.15, 0.2) is 54.6 Å². The largest absolute Gasteiger partial charge is 0.491 e. The Bertz CT molecular complexity index is 1070. The molecule has 1 saturated heterocycles. The monoisotopic (exact) mass is 456 g/mol. The number of aryl methyl sites for hydroxylation is 3. The normalized spacial score (nSPS) is 16.7. The molecule has 3 nitrogen and oxygen atoms in total. The average Bonchev–Trinajstić information content (AvgIpc) is 2.85. The van der Waals surface area contributed by atoms with E-state index in [1.54, 1.807) is 0 Å². The molecule has 0 amide bonds. The van der Waals surface area contributed by atoms with Gasteiger partial charge in [0.05, 0.1) is 11.8 Å². The smallest absolute Gasteiger partial charge is 0.128 e. The second-order valence-electron chi connectivity index (χ2n) is 9.88. The molecule has 1 aliphatic rings. The van der Waals surface area contributed by atoms with E-state index in [1.807, 2.05) is 0 Å². The summed E-state index contributed by atoms with van der Waals surface area (Å²) in [5.41, 5.74) is 8.83. The summed E-state index contributed by atoms with van der Waals surface area (Å²) in [5, 5.41) is 0. The Hall–Kier alpha value is -2.65. The van der Waals surface area contributed by atoms with Crippen molar-refractivity contribution in [1.29, 1.82) is 0 Å². The van der Waals surface area contributed by atoms with Crippen LogP contribution in [-0.2, 0) is 19.4 Å². The number of hydrogen-bond donors (Lipinski definition) is 0. The number of hydrogen-bond acceptors (Lipinski definition) is 3. The minimum absolute atomic E-state index is 0.124. The fourth-order valence-electron chi connectivity index (χ4n) is 5.34. The number of pyridine rings is 1. The van der Waals surface area contributed by atoms with Gasteiger partial charge in [-0.2, -0.15) is 0 Å². The van der Waals surface area contributed by atoms with Gasteiger partial charge in [0, 0.05) is 36.0 Å². The van der Waals surface area contributed by atoms with E-state index in [4.69, 9.17) is 9.72 Å². The Kier molecular flexibility index (Phi) is 8.05. The molecule has 0 bridgehead atoms. The third-order valence-corrected chi connectivity index (χ3v) is 7.07. The predicted octanol–water partition coefficient (Wildman–Crippen LogP) is 7.35. The van der Waals surface area contributed by atoms with E-state index in [2.05, 4.69) is 94.1 Å². The van der Waals surface area contributed by atoms with Gasteiger partial charge in [-0.15, -0.1) is 0 Å². The first-order chi connectivity index (χ1) is 16.5. The van der Waals surface area contributed by atoms with Gasteiger partial charge in [-0.3, -0.25) is 9.88 Å². The molecule has 2 heterocycles. The van der Waals surface area contributed by atoms with Crippen LogP contribution < -0.4 is 4.74 Å². The first-order valence-corrected chi connectivity index (χ1v) is 13.1. The number of benzene rings is 2. The first-order valence-electron chi connectivity index (χ1n) is 13.1. The number of nitrogens with zero attached hydrogens (tertiary/aromatic N) is 2. The van der Waals surface area contributed by atoms with Crippen LogP contribution in [0, 0.1) is 6.92 Å². The molecule has 2 aromatic carbocycles. The second kappa shape index (κ2) is 11.2. The van der Waals surface area contributed by atoms with Crippen molar-refractivity contribution in [3.63, 3.8) is 0 Å². The lowest BCUT2D eigenvalue weighted by molar-refractivity contribution is 0.191. The highest BCUT2D eigenvalue weighted by Gasteiger charge is 2.24. The van der Waals surface area contributed by atoms with Gasteiger partial charge in [0.25, 0.3) is 0 Å². The highest BCUT2D eigenvalue weighted by Crippen LogP contribution is 2.35. The summed E-state index contributed by atoms with van der Waals surface area (Å²) in [6.07, 6.45) is 4.62. The summed E-state index contributed by atoms with van der Waals surface area (Å²) in [6, 6.07) is 19.8. The van der Waals surface area contributed by atoms with Gasteiger partial charge in [0.2, 0.25) is 0 Å². The Morgan fingerprint density at radius 2 is 1.71 bits per heavy atom. The summed E-state index contributed by atoms with van der Waals surface area (Å²) in [6.45, 7) is 13.9. The number of ether oxygens (including phenoxy) is 1. The summed E-state index contributed by atoms with van der Waals surface area (Å²) >= 11 is 0. The molecule has 3 heteroatoms. The maximum absolute atomic E-state index is 6.42. The van der Waals surface area contributed by atoms with Gasteiger partial charge in [0.1, 0.15) is 5.75 Å². The van der Waals surface area contributed by atoms with Crippen LogP contribution in [0.4, 0.5) is 0 Å². The van der Waals surface area contributed by atoms with E-state index < -0.39 is 0 Å². The van der Waals surface area contributed by atoms with Crippen molar-refractivity contribution in [2.75, 3.05) is 13.1 Å². The molecule has 0 radical (unpaired) electrons. The van der Waals surface area contributed by atoms with Crippen molar-refractivity contribution in [2.45, 2.75) is 78.9 Å². The molecule has 1 atom stereocenters. The maximum Gasteiger partial charge on any atom is 0.128 e. The molecule has 34 heavy (non-hydrogen) atoms. The fraction of sp³-hybridized carbons (Fsp3) is 0.452. The summed E-state index contributed by atoms with van der Waals surface area (Å²) in [5.74, 6) is 1.59. The van der Waals surface area contributed by atoms with Gasteiger partial charge in [-0.1, -0.05) is 62.4 Å². The zero-order valence-corrected chi connectivity index (χ0v) is 21.6. The highest BCUT2D eigenvalue weighted by molar-refractivity contribution is 5.70. The molecule has 0 spiro atoms. The van der Waals surface area contributed by atoms with Crippen LogP contribution in [-0.4, -0.2) is 29.1 Å². The van der Waals surface area contributed by atoms with E-state index in [1.165, 1.54) is 40.7 Å². The van der Waals surface area contributed by atoms with E-state index in [0.717, 1.165) is 49.6 Å². The van der Waals surface area contributed by atoms with E-state index in [9.17, 15) is 0 Å². The standard InChI is InChI=1S/C31H40N2O/c1-6-24-15-11-16-25(7-2)31(24)29-19-30(34-22(3)4)28(23(5)32-29)21-33-18-12-17-27(20-33)26-13-9-8-10-14-26/h8-11,13-16,19,22,27H,6-7,12,17-18,20-21H2,1-5H3/t27-/m1/s1. The molecule has 1 aromatic heterocycles. The van der Waals surface area contributed by atoms with Crippen molar-refractivity contribution < 1.29 is 4.74 Å². The van der Waals surface area contributed by atoms with Gasteiger partial charge in [-0.25, -0.2) is 0 Å². The lowest BCUT2D eigenvalue weighted by Gasteiger charge is -2.34. The topological polar surface area (TPSA) is 25.4 Å². The number of likely N-dealkylation sites (tertiary alicyclic amines) is 1. The lowest BCUT2D eigenvalue weighted by atomic mass is 9.90. The minimum Gasteiger partial charge on any atom is -0.491 e. The van der Waals surface area contributed by atoms with E-state index in [0.29, 0.717) is 5.92 Å². The third-order valence-electron chi connectivity index (χ3n) is 7.07. The molecule has 0 saturated carbocycles. The molecule has 0 aliphatic carbocycles. The minimum atomic E-state index is 0.124. The summed E-state index contributed by atoms with van der Waals surface area (Å²) in [4.78, 5) is 7.76. The van der Waals surface area contributed by atoms with Gasteiger partial charge >= 0.3 is 0 Å². The van der Waals surface area contributed by atoms with Crippen molar-refractivity contribution in [3.8, 4) is 17.0 Å². The van der Waals surface area contributed by atoms with Crippen LogP contribution in [0.25, 0.3) is 11.3 Å². The molecular formula is C31H40N2O. The SMILES string of the molecule is CCc1cccc(CC)c1-c1cc(OC(C)C)c(CN2CCC[C@@H](c3ccccc3)C2)c(C)n1. The van der Waals surface area contributed by atoms with Crippen molar-refractivity contribution >= 4 is 0 Å². The van der Waals surface area contributed by atoms with E-state index >= 15 is 0 Å². The summed E-state index contributed by atoms with van der Waals surface area (Å²) < 4.78 is 6.42. The van der Waals surface area contributed by atoms with Crippen LogP contribution >= 0.6 is 0 Å². The average molecular weight is 457 g/mol. The zero-order chi connectivity index (χ0) is 24.1. The van der Waals surface area contributed by atoms with Gasteiger partial charge in [-0.05, 0) is 75.6 Å². The Labute approximate surface area is 206 Å². The number of aromatic nitrogens is 1. The number of rotatable bonds is 8. The van der Waals surface area contributed by atoms with Crippen LogP contribution in [0.1, 0.15) is 74.4 Å². The first kappa shape index (κ1) is 24.5. The van der Waals surface area contributed by atoms with Gasteiger partial charge < -0.3 is 4.74 Å². The predicted molar refractivity (Wildman–Crippen MR) is 143 cm³/mol. The second-order valence-corrected chi connectivity index (χ2v) is 9.88. The highest BCUT2D eigenvalue weighted by atomic mass is 16.5. The van der Waals surface area contributed by atoms with Crippen molar-refractivity contribution in [1.82, 2.24) is 9.88 Å². The molecule has 1 aliphatic heterocycles. The van der Waals surface area contributed by atoms with Crippen molar-refractivity contribution in [3.05, 3.63) is 82.5 Å². The lowest BCUT2D eigenvalue weighted by Crippen LogP contribution is -2.34. The molecular weight excluding hydrogens is 416 g/mol. The molecule has 0 N–H and O–H groups in total. The third kappa shape index (κ3) is 5.52. The van der Waals surface area contributed by atoms with Crippen LogP contribution in [0.2, 0.25) is 0 Å². The maximum atomic E-state index is 6.42. The quantitative estimate of drug-likeness (QED) is 0.354. The van der Waals surface area contributed by atoms with Crippen LogP contribution in [0.3, 0.4) is 0 Å². The molecule has 0 unspecified atom stereocenters. The Balaban J connectivity index is 1.67. The van der Waals surface area contributed by atoms with Crippen LogP contribution in [0.5, 0.6) is 5.75 Å². The fourth-order valence-corrected chi connectivity index (χ4v) is 5.34. The molecule has 1 fully saturated rings. The van der Waals surface area contributed by atoms with Crippen molar-refractivity contribution in [2.24, 2.45) is 0 Å². The van der Waals surface area contributed by atoms with Gasteiger partial charge in [0.15, 0.2) is 0 Å². The molecule has 4 rings (SSSR count). The number of piperidine rings is 1.